The third kappa shape index (κ3) is 4.38. The molecule has 1 saturated heterocycles. The van der Waals surface area contributed by atoms with Gasteiger partial charge in [0.25, 0.3) is 15.9 Å². The summed E-state index contributed by atoms with van der Waals surface area (Å²) in [4.78, 5) is 27.0. The van der Waals surface area contributed by atoms with Gasteiger partial charge in [-0.1, -0.05) is 24.6 Å². The van der Waals surface area contributed by atoms with Crippen LogP contribution in [0.5, 0.6) is 0 Å². The van der Waals surface area contributed by atoms with E-state index in [0.717, 1.165) is 24.8 Å². The van der Waals surface area contributed by atoms with Crippen molar-refractivity contribution in [2.75, 3.05) is 16.8 Å². The lowest BCUT2D eigenvalue weighted by Gasteiger charge is -2.29. The van der Waals surface area contributed by atoms with E-state index in [9.17, 15) is 18.0 Å². The number of amides is 1. The van der Waals surface area contributed by atoms with Crippen LogP contribution in [0.2, 0.25) is 0 Å². The van der Waals surface area contributed by atoms with E-state index in [1.165, 1.54) is 19.1 Å². The van der Waals surface area contributed by atoms with E-state index in [4.69, 9.17) is 4.74 Å². The minimum atomic E-state index is -3.92. The summed E-state index contributed by atoms with van der Waals surface area (Å²) in [5.74, 6) is -0.704. The summed E-state index contributed by atoms with van der Waals surface area (Å²) in [6.45, 7) is 4.01. The summed E-state index contributed by atoms with van der Waals surface area (Å²) < 4.78 is 34.8. The zero-order valence-electron chi connectivity index (χ0n) is 18.0. The zero-order valence-corrected chi connectivity index (χ0v) is 18.8. The van der Waals surface area contributed by atoms with Crippen molar-refractivity contribution in [3.8, 4) is 0 Å². The van der Waals surface area contributed by atoms with Crippen LogP contribution in [-0.2, 0) is 19.6 Å². The first-order valence-electron chi connectivity index (χ1n) is 10.6. The van der Waals surface area contributed by atoms with Crippen molar-refractivity contribution in [3.63, 3.8) is 0 Å². The van der Waals surface area contributed by atoms with E-state index in [1.807, 2.05) is 24.0 Å². The lowest BCUT2D eigenvalue weighted by molar-refractivity contribution is -0.123. The van der Waals surface area contributed by atoms with E-state index < -0.39 is 28.0 Å². The molecule has 168 valence electrons. The number of rotatable bonds is 4. The normalized spacial score (nSPS) is 17.8. The van der Waals surface area contributed by atoms with E-state index in [1.54, 1.807) is 18.2 Å². The number of carbonyl (C=O) groups is 2. The quantitative estimate of drug-likeness (QED) is 0.706. The summed E-state index contributed by atoms with van der Waals surface area (Å²) in [6, 6.07) is 11.7. The number of nitrogens with zero attached hydrogens (tertiary/aromatic N) is 2. The Bertz CT molecular complexity index is 1210. The minimum Gasteiger partial charge on any atom is -0.449 e. The number of benzene rings is 2. The SMILES string of the molecule is Cc1ccccc1NC(=O)C(C)OC(=O)c1ccc2c(c1)S(=O)(=O)N=C1CCCCCN12. The molecule has 0 bridgehead atoms. The second-order valence-corrected chi connectivity index (χ2v) is 9.55. The zero-order chi connectivity index (χ0) is 22.9. The van der Waals surface area contributed by atoms with Gasteiger partial charge in [-0.05, 0) is 56.5 Å². The van der Waals surface area contributed by atoms with Crippen LogP contribution in [0.25, 0.3) is 0 Å². The van der Waals surface area contributed by atoms with Crippen LogP contribution in [0.15, 0.2) is 51.8 Å². The van der Waals surface area contributed by atoms with Crippen LogP contribution in [0.1, 0.15) is 48.5 Å². The summed E-state index contributed by atoms with van der Waals surface area (Å²) in [7, 11) is -3.92. The van der Waals surface area contributed by atoms with Crippen molar-refractivity contribution in [2.24, 2.45) is 4.40 Å². The third-order valence-corrected chi connectivity index (χ3v) is 6.97. The Morgan fingerprint density at radius 2 is 1.91 bits per heavy atom. The standard InChI is InChI=1S/C23H25N3O5S/c1-15-8-5-6-9-18(15)24-22(27)16(2)31-23(28)17-11-12-19-20(14-17)32(29,30)25-21-10-4-3-7-13-26(19)21/h5-6,8-9,11-12,14,16H,3-4,7,10,13H2,1-2H3,(H,24,27). The molecule has 2 aliphatic rings. The fourth-order valence-corrected chi connectivity index (χ4v) is 5.12. The first-order valence-corrected chi connectivity index (χ1v) is 12.0. The van der Waals surface area contributed by atoms with Crippen molar-refractivity contribution >= 4 is 39.1 Å². The molecular weight excluding hydrogens is 430 g/mol. The molecule has 1 atom stereocenters. The number of ether oxygens (including phenoxy) is 1. The first-order chi connectivity index (χ1) is 15.3. The van der Waals surface area contributed by atoms with Crippen LogP contribution in [0.4, 0.5) is 11.4 Å². The van der Waals surface area contributed by atoms with Crippen LogP contribution < -0.4 is 10.2 Å². The highest BCUT2D eigenvalue weighted by molar-refractivity contribution is 7.90. The Balaban J connectivity index is 1.52. The van der Waals surface area contributed by atoms with Gasteiger partial charge in [-0.15, -0.1) is 4.40 Å². The van der Waals surface area contributed by atoms with Crippen molar-refractivity contribution < 1.29 is 22.7 Å². The average Bonchev–Trinajstić information content (AvgIpc) is 3.00. The van der Waals surface area contributed by atoms with Gasteiger partial charge >= 0.3 is 5.97 Å². The number of hydrogen-bond acceptors (Lipinski definition) is 6. The van der Waals surface area contributed by atoms with Crippen molar-refractivity contribution in [3.05, 3.63) is 53.6 Å². The molecule has 0 saturated carbocycles. The number of aryl methyl sites for hydroxylation is 1. The summed E-state index contributed by atoms with van der Waals surface area (Å²) in [6.07, 6.45) is 2.39. The second kappa shape index (κ2) is 8.74. The number of anilines is 2. The Hall–Kier alpha value is -3.20. The number of para-hydroxylation sites is 1. The fraction of sp³-hybridized carbons (Fsp3) is 0.348. The van der Waals surface area contributed by atoms with E-state index in [0.29, 0.717) is 30.2 Å². The molecule has 0 spiro atoms. The Labute approximate surface area is 187 Å². The molecule has 2 aromatic carbocycles. The number of sulfonamides is 1. The van der Waals surface area contributed by atoms with Crippen LogP contribution in [0.3, 0.4) is 0 Å². The predicted octanol–water partition coefficient (Wildman–Crippen LogP) is 3.66. The summed E-state index contributed by atoms with van der Waals surface area (Å²) in [5, 5.41) is 2.73. The molecular formula is C23H25N3O5S. The van der Waals surface area contributed by atoms with Gasteiger partial charge in [-0.3, -0.25) is 4.79 Å². The lowest BCUT2D eigenvalue weighted by atomic mass is 10.1. The molecule has 1 N–H and O–H groups in total. The maximum absolute atomic E-state index is 12.8. The largest absolute Gasteiger partial charge is 0.449 e. The summed E-state index contributed by atoms with van der Waals surface area (Å²) >= 11 is 0. The van der Waals surface area contributed by atoms with E-state index in [-0.39, 0.29) is 10.5 Å². The lowest BCUT2D eigenvalue weighted by Crippen LogP contribution is -2.35. The number of amidine groups is 1. The van der Waals surface area contributed by atoms with Gasteiger partial charge in [0.15, 0.2) is 6.10 Å². The number of hydrogen-bond donors (Lipinski definition) is 1. The highest BCUT2D eigenvalue weighted by Gasteiger charge is 2.32. The van der Waals surface area contributed by atoms with Gasteiger partial charge in [-0.25, -0.2) is 4.79 Å². The highest BCUT2D eigenvalue weighted by Crippen LogP contribution is 2.35. The molecule has 1 fully saturated rings. The van der Waals surface area contributed by atoms with Gasteiger partial charge < -0.3 is 15.0 Å². The predicted molar refractivity (Wildman–Crippen MR) is 122 cm³/mol. The third-order valence-electron chi connectivity index (χ3n) is 5.64. The molecule has 1 amide bonds. The maximum atomic E-state index is 12.8. The Morgan fingerprint density at radius 3 is 2.69 bits per heavy atom. The number of carbonyl (C=O) groups excluding carboxylic acids is 2. The maximum Gasteiger partial charge on any atom is 0.338 e. The van der Waals surface area contributed by atoms with Crippen molar-refractivity contribution in [1.82, 2.24) is 0 Å². The topological polar surface area (TPSA) is 105 Å². The molecule has 1 unspecified atom stereocenters. The monoisotopic (exact) mass is 455 g/mol. The molecule has 0 aromatic heterocycles. The molecule has 0 radical (unpaired) electrons. The Morgan fingerprint density at radius 1 is 1.12 bits per heavy atom. The minimum absolute atomic E-state index is 0.0189. The fourth-order valence-electron chi connectivity index (χ4n) is 3.84. The highest BCUT2D eigenvalue weighted by atomic mass is 32.2. The molecule has 9 heteroatoms. The summed E-state index contributed by atoms with van der Waals surface area (Å²) in [5.41, 5.74) is 2.09. The Kier molecular flexibility index (Phi) is 6.01. The van der Waals surface area contributed by atoms with Gasteiger partial charge in [0.2, 0.25) is 0 Å². The van der Waals surface area contributed by atoms with Gasteiger partial charge in [0, 0.05) is 18.7 Å². The first kappa shape index (κ1) is 22.0. The van der Waals surface area contributed by atoms with Gasteiger partial charge in [-0.2, -0.15) is 8.42 Å². The molecule has 0 aliphatic carbocycles. The van der Waals surface area contributed by atoms with Crippen LogP contribution in [-0.4, -0.2) is 38.8 Å². The van der Waals surface area contributed by atoms with Crippen LogP contribution in [0, 0.1) is 6.92 Å². The van der Waals surface area contributed by atoms with Crippen LogP contribution >= 0.6 is 0 Å². The number of nitrogens with one attached hydrogen (secondary N) is 1. The van der Waals surface area contributed by atoms with Crippen molar-refractivity contribution in [1.29, 1.82) is 0 Å². The van der Waals surface area contributed by atoms with E-state index in [2.05, 4.69) is 9.71 Å². The molecule has 2 aromatic rings. The molecule has 2 heterocycles. The molecule has 4 rings (SSSR count). The molecule has 8 nitrogen and oxygen atoms in total. The number of esters is 1. The van der Waals surface area contributed by atoms with Crippen molar-refractivity contribution in [2.45, 2.75) is 50.5 Å². The second-order valence-electron chi connectivity index (χ2n) is 7.98. The van der Waals surface area contributed by atoms with Gasteiger partial charge in [0.1, 0.15) is 10.7 Å². The molecule has 32 heavy (non-hydrogen) atoms. The number of fused-ring (bicyclic) bond motifs is 3. The molecule has 2 aliphatic heterocycles. The average molecular weight is 456 g/mol. The van der Waals surface area contributed by atoms with Gasteiger partial charge in [0.05, 0.1) is 11.3 Å². The smallest absolute Gasteiger partial charge is 0.338 e. The van der Waals surface area contributed by atoms with E-state index >= 15 is 0 Å².